The van der Waals surface area contributed by atoms with Crippen LogP contribution in [-0.4, -0.2) is 33.8 Å². The molecule has 1 aromatic heterocycles. The molecule has 0 saturated carbocycles. The molecule has 110 valence electrons. The first kappa shape index (κ1) is 14.9. The highest BCUT2D eigenvalue weighted by Crippen LogP contribution is 2.13. The molecule has 2 aromatic rings. The average molecular weight is 290 g/mol. The van der Waals surface area contributed by atoms with Crippen molar-refractivity contribution in [3.63, 3.8) is 0 Å². The highest BCUT2D eigenvalue weighted by atomic mass is 19.1. The summed E-state index contributed by atoms with van der Waals surface area (Å²) in [7, 11) is 0. The number of aliphatic hydroxyl groups is 1. The Morgan fingerprint density at radius 2 is 2.00 bits per heavy atom. The summed E-state index contributed by atoms with van der Waals surface area (Å²) in [4.78, 5) is 15.8. The van der Waals surface area contributed by atoms with Crippen molar-refractivity contribution in [3.05, 3.63) is 59.7 Å². The summed E-state index contributed by atoms with van der Waals surface area (Å²) in [6.07, 6.45) is 1.73. The van der Waals surface area contributed by atoms with Gasteiger partial charge in [-0.2, -0.15) is 0 Å². The first-order valence-electron chi connectivity index (χ1n) is 6.40. The van der Waals surface area contributed by atoms with Gasteiger partial charge in [0, 0.05) is 6.20 Å². The quantitative estimate of drug-likeness (QED) is 0.774. The third kappa shape index (κ3) is 4.00. The standard InChI is InChI=1S/C15H15FN2O3/c16-11-5-3-10(4-6-11)8-12(9-19)18-15(21)14-13(20)2-1-7-17-14/h1-7,12,19-20H,8-9H2,(H,18,21)/t12-/m1/s1. The monoisotopic (exact) mass is 290 g/mol. The molecular weight excluding hydrogens is 275 g/mol. The maximum absolute atomic E-state index is 12.8. The van der Waals surface area contributed by atoms with Crippen molar-refractivity contribution >= 4 is 5.91 Å². The van der Waals surface area contributed by atoms with E-state index in [0.29, 0.717) is 6.42 Å². The molecule has 1 atom stereocenters. The van der Waals surface area contributed by atoms with Gasteiger partial charge in [-0.25, -0.2) is 9.37 Å². The molecule has 0 saturated heterocycles. The zero-order valence-corrected chi connectivity index (χ0v) is 11.2. The number of nitrogens with zero attached hydrogens (tertiary/aromatic N) is 1. The molecule has 0 aliphatic carbocycles. The molecule has 2 rings (SSSR count). The zero-order chi connectivity index (χ0) is 15.2. The van der Waals surface area contributed by atoms with Gasteiger partial charge in [-0.1, -0.05) is 12.1 Å². The number of aromatic hydroxyl groups is 1. The molecule has 6 heteroatoms. The lowest BCUT2D eigenvalue weighted by molar-refractivity contribution is 0.0908. The third-order valence-electron chi connectivity index (χ3n) is 2.95. The van der Waals surface area contributed by atoms with Crippen molar-refractivity contribution in [1.29, 1.82) is 0 Å². The number of pyridine rings is 1. The molecular formula is C15H15FN2O3. The van der Waals surface area contributed by atoms with Crippen molar-refractivity contribution in [2.24, 2.45) is 0 Å². The molecule has 0 bridgehead atoms. The van der Waals surface area contributed by atoms with Gasteiger partial charge < -0.3 is 15.5 Å². The second-order valence-electron chi connectivity index (χ2n) is 4.55. The minimum absolute atomic E-state index is 0.102. The smallest absolute Gasteiger partial charge is 0.274 e. The van der Waals surface area contributed by atoms with Crippen molar-refractivity contribution in [3.8, 4) is 5.75 Å². The van der Waals surface area contributed by atoms with Crippen LogP contribution in [0.3, 0.4) is 0 Å². The van der Waals surface area contributed by atoms with Crippen LogP contribution in [-0.2, 0) is 6.42 Å². The molecule has 0 radical (unpaired) electrons. The van der Waals surface area contributed by atoms with Gasteiger partial charge in [0.1, 0.15) is 11.6 Å². The lowest BCUT2D eigenvalue weighted by atomic mass is 10.1. The first-order valence-corrected chi connectivity index (χ1v) is 6.40. The van der Waals surface area contributed by atoms with E-state index in [1.807, 2.05) is 0 Å². The number of aliphatic hydroxyl groups excluding tert-OH is 1. The Balaban J connectivity index is 2.04. The highest BCUT2D eigenvalue weighted by molar-refractivity contribution is 5.94. The fraction of sp³-hybridized carbons (Fsp3) is 0.200. The van der Waals surface area contributed by atoms with Crippen LogP contribution in [0.2, 0.25) is 0 Å². The predicted molar refractivity (Wildman–Crippen MR) is 74.3 cm³/mol. The molecule has 0 spiro atoms. The number of amides is 1. The number of aromatic nitrogens is 1. The number of rotatable bonds is 5. The summed E-state index contributed by atoms with van der Waals surface area (Å²) in [6, 6.07) is 8.12. The van der Waals surface area contributed by atoms with Crippen LogP contribution in [0.15, 0.2) is 42.6 Å². The molecule has 5 nitrogen and oxygen atoms in total. The topological polar surface area (TPSA) is 82.5 Å². The Labute approximate surface area is 121 Å². The van der Waals surface area contributed by atoms with E-state index in [1.165, 1.54) is 30.5 Å². The van der Waals surface area contributed by atoms with Gasteiger partial charge in [0.15, 0.2) is 5.69 Å². The number of hydrogen-bond donors (Lipinski definition) is 3. The molecule has 0 aliphatic heterocycles. The average Bonchev–Trinajstić information content (AvgIpc) is 2.49. The zero-order valence-electron chi connectivity index (χ0n) is 11.2. The van der Waals surface area contributed by atoms with Crippen LogP contribution in [0, 0.1) is 5.82 Å². The molecule has 0 aliphatic rings. The molecule has 0 fully saturated rings. The van der Waals surface area contributed by atoms with Crippen LogP contribution in [0.1, 0.15) is 16.1 Å². The lowest BCUT2D eigenvalue weighted by Gasteiger charge is -2.16. The Kier molecular flexibility index (Phi) is 4.84. The number of hydrogen-bond acceptors (Lipinski definition) is 4. The van der Waals surface area contributed by atoms with E-state index in [4.69, 9.17) is 0 Å². The Morgan fingerprint density at radius 1 is 1.29 bits per heavy atom. The minimum atomic E-state index is -0.575. The maximum atomic E-state index is 12.8. The van der Waals surface area contributed by atoms with Gasteiger partial charge >= 0.3 is 0 Å². The predicted octanol–water partition coefficient (Wildman–Crippen LogP) is 1.26. The lowest BCUT2D eigenvalue weighted by Crippen LogP contribution is -2.39. The molecule has 0 unspecified atom stereocenters. The van der Waals surface area contributed by atoms with Gasteiger partial charge in [0.05, 0.1) is 12.6 Å². The minimum Gasteiger partial charge on any atom is -0.505 e. The number of halogens is 1. The largest absolute Gasteiger partial charge is 0.505 e. The number of carbonyl (C=O) groups excluding carboxylic acids is 1. The fourth-order valence-corrected chi connectivity index (χ4v) is 1.89. The Hall–Kier alpha value is -2.47. The first-order chi connectivity index (χ1) is 10.1. The third-order valence-corrected chi connectivity index (χ3v) is 2.95. The molecule has 1 aromatic carbocycles. The van der Waals surface area contributed by atoms with Crippen molar-refractivity contribution < 1.29 is 19.4 Å². The van der Waals surface area contributed by atoms with E-state index >= 15 is 0 Å². The van der Waals surface area contributed by atoms with Crippen LogP contribution >= 0.6 is 0 Å². The second-order valence-corrected chi connectivity index (χ2v) is 4.55. The number of nitrogens with one attached hydrogen (secondary N) is 1. The maximum Gasteiger partial charge on any atom is 0.274 e. The van der Waals surface area contributed by atoms with E-state index in [9.17, 15) is 19.4 Å². The van der Waals surface area contributed by atoms with E-state index in [2.05, 4.69) is 10.3 Å². The van der Waals surface area contributed by atoms with Crippen molar-refractivity contribution in [2.75, 3.05) is 6.61 Å². The van der Waals surface area contributed by atoms with E-state index in [-0.39, 0.29) is 23.9 Å². The molecule has 1 amide bonds. The normalized spacial score (nSPS) is 11.9. The summed E-state index contributed by atoms with van der Waals surface area (Å²) >= 11 is 0. The summed E-state index contributed by atoms with van der Waals surface area (Å²) < 4.78 is 12.8. The van der Waals surface area contributed by atoms with Gasteiger partial charge in [-0.15, -0.1) is 0 Å². The van der Waals surface area contributed by atoms with Crippen molar-refractivity contribution in [2.45, 2.75) is 12.5 Å². The fourth-order valence-electron chi connectivity index (χ4n) is 1.89. The molecule has 3 N–H and O–H groups in total. The highest BCUT2D eigenvalue weighted by Gasteiger charge is 2.17. The Bertz CT molecular complexity index is 617. The van der Waals surface area contributed by atoms with Crippen molar-refractivity contribution in [1.82, 2.24) is 10.3 Å². The van der Waals surface area contributed by atoms with E-state index in [1.54, 1.807) is 12.1 Å². The van der Waals surface area contributed by atoms with E-state index in [0.717, 1.165) is 5.56 Å². The second kappa shape index (κ2) is 6.81. The number of carbonyl (C=O) groups is 1. The molecule has 21 heavy (non-hydrogen) atoms. The van der Waals surface area contributed by atoms with Gasteiger partial charge in [-0.05, 0) is 36.2 Å². The van der Waals surface area contributed by atoms with Crippen LogP contribution in [0.5, 0.6) is 5.75 Å². The van der Waals surface area contributed by atoms with Gasteiger partial charge in [0.25, 0.3) is 5.91 Å². The van der Waals surface area contributed by atoms with Crippen LogP contribution in [0.4, 0.5) is 4.39 Å². The summed E-state index contributed by atoms with van der Waals surface area (Å²) in [5.74, 6) is -1.15. The number of benzene rings is 1. The van der Waals surface area contributed by atoms with Gasteiger partial charge in [-0.3, -0.25) is 4.79 Å². The SMILES string of the molecule is O=C(N[C@@H](CO)Cc1ccc(F)cc1)c1ncccc1O. The van der Waals surface area contributed by atoms with Gasteiger partial charge in [0.2, 0.25) is 0 Å². The Morgan fingerprint density at radius 3 is 2.62 bits per heavy atom. The van der Waals surface area contributed by atoms with E-state index < -0.39 is 11.9 Å². The van der Waals surface area contributed by atoms with Crippen LogP contribution < -0.4 is 5.32 Å². The summed E-state index contributed by atoms with van der Waals surface area (Å²) in [5.41, 5.74) is 0.677. The molecule has 1 heterocycles. The summed E-state index contributed by atoms with van der Waals surface area (Å²) in [5, 5.41) is 21.5. The van der Waals surface area contributed by atoms with Crippen LogP contribution in [0.25, 0.3) is 0 Å². The summed E-state index contributed by atoms with van der Waals surface area (Å²) in [6.45, 7) is -0.281.